The van der Waals surface area contributed by atoms with Crippen LogP contribution in [0, 0.1) is 0 Å². The van der Waals surface area contributed by atoms with Gasteiger partial charge in [0.1, 0.15) is 0 Å². The number of amides is 1. The van der Waals surface area contributed by atoms with Gasteiger partial charge in [0, 0.05) is 35.4 Å². The summed E-state index contributed by atoms with van der Waals surface area (Å²) in [6.45, 7) is 3.04. The molecule has 5 heteroatoms. The van der Waals surface area contributed by atoms with Crippen LogP contribution in [0.4, 0.5) is 0 Å². The number of thioether (sulfide) groups is 2. The summed E-state index contributed by atoms with van der Waals surface area (Å²) in [4.78, 5) is 13.3. The highest BCUT2D eigenvalue weighted by Crippen LogP contribution is 2.19. The molecule has 0 saturated carbocycles. The van der Waals surface area contributed by atoms with Gasteiger partial charge in [0.2, 0.25) is 5.91 Å². The molecule has 3 nitrogen and oxygen atoms in total. The second-order valence-corrected chi connectivity index (χ2v) is 7.02. The van der Waals surface area contributed by atoms with Crippen LogP contribution in [0.1, 0.15) is 24.9 Å². The molecule has 1 aromatic rings. The van der Waals surface area contributed by atoms with E-state index in [1.54, 1.807) is 11.8 Å². The van der Waals surface area contributed by atoms with Crippen molar-refractivity contribution in [2.45, 2.75) is 30.3 Å². The first-order chi connectivity index (χ1) is 9.69. The summed E-state index contributed by atoms with van der Waals surface area (Å²) in [5.74, 6) is 2.31. The maximum absolute atomic E-state index is 12.1. The normalized spacial score (nSPS) is 20.4. The zero-order valence-corrected chi connectivity index (χ0v) is 13.7. The van der Waals surface area contributed by atoms with Crippen molar-refractivity contribution in [1.29, 1.82) is 0 Å². The second-order valence-electron chi connectivity index (χ2n) is 4.99. The maximum atomic E-state index is 12.1. The van der Waals surface area contributed by atoms with E-state index in [1.165, 1.54) is 4.90 Å². The number of carbonyl (C=O) groups excluding carboxylic acids is 1. The van der Waals surface area contributed by atoms with Crippen molar-refractivity contribution in [1.82, 2.24) is 10.6 Å². The Bertz CT molecular complexity index is 430. The van der Waals surface area contributed by atoms with E-state index in [-0.39, 0.29) is 11.9 Å². The van der Waals surface area contributed by atoms with E-state index in [4.69, 9.17) is 0 Å². The lowest BCUT2D eigenvalue weighted by molar-refractivity contribution is -0.122. The first-order valence-electron chi connectivity index (χ1n) is 6.93. The standard InChI is InChI=1S/C15H22N2OS2/c1-11(12-3-5-14(19-2)6-4-12)17-15(18)9-13-10-20-8-7-16-13/h3-6,11,13,16H,7-10H2,1-2H3,(H,17,18). The molecule has 0 aromatic heterocycles. The zero-order valence-electron chi connectivity index (χ0n) is 12.0. The minimum atomic E-state index is 0.0645. The van der Waals surface area contributed by atoms with Gasteiger partial charge in [-0.15, -0.1) is 11.8 Å². The van der Waals surface area contributed by atoms with E-state index in [0.717, 1.165) is 23.6 Å². The molecule has 110 valence electrons. The molecule has 2 atom stereocenters. The molecule has 1 aliphatic rings. The van der Waals surface area contributed by atoms with E-state index >= 15 is 0 Å². The fourth-order valence-electron chi connectivity index (χ4n) is 2.25. The Morgan fingerprint density at radius 3 is 2.85 bits per heavy atom. The van der Waals surface area contributed by atoms with Crippen LogP contribution in [0.3, 0.4) is 0 Å². The molecule has 0 bridgehead atoms. The van der Waals surface area contributed by atoms with E-state index in [9.17, 15) is 4.79 Å². The van der Waals surface area contributed by atoms with Crippen molar-refractivity contribution in [3.8, 4) is 0 Å². The van der Waals surface area contributed by atoms with Crippen molar-refractivity contribution in [3.63, 3.8) is 0 Å². The van der Waals surface area contributed by atoms with Crippen molar-refractivity contribution >= 4 is 29.4 Å². The van der Waals surface area contributed by atoms with Crippen molar-refractivity contribution in [3.05, 3.63) is 29.8 Å². The molecule has 0 radical (unpaired) electrons. The number of hydrogen-bond acceptors (Lipinski definition) is 4. The van der Waals surface area contributed by atoms with E-state index < -0.39 is 0 Å². The van der Waals surface area contributed by atoms with Gasteiger partial charge in [-0.3, -0.25) is 4.79 Å². The molecule has 1 heterocycles. The molecule has 20 heavy (non-hydrogen) atoms. The Kier molecular flexibility index (Phi) is 6.26. The lowest BCUT2D eigenvalue weighted by Gasteiger charge is -2.23. The van der Waals surface area contributed by atoms with Crippen molar-refractivity contribution < 1.29 is 4.79 Å². The Labute approximate surface area is 129 Å². The highest BCUT2D eigenvalue weighted by molar-refractivity contribution is 7.99. The van der Waals surface area contributed by atoms with Gasteiger partial charge in [-0.25, -0.2) is 0 Å². The fraction of sp³-hybridized carbons (Fsp3) is 0.533. The summed E-state index contributed by atoms with van der Waals surface area (Å²) in [7, 11) is 0. The molecular weight excluding hydrogens is 288 g/mol. The third-order valence-corrected chi connectivity index (χ3v) is 5.30. The summed E-state index contributed by atoms with van der Waals surface area (Å²) in [5.41, 5.74) is 1.15. The van der Waals surface area contributed by atoms with Crippen LogP contribution in [0.25, 0.3) is 0 Å². The Morgan fingerprint density at radius 1 is 1.50 bits per heavy atom. The molecule has 1 saturated heterocycles. The number of nitrogens with one attached hydrogen (secondary N) is 2. The minimum absolute atomic E-state index is 0.0645. The largest absolute Gasteiger partial charge is 0.350 e. The van der Waals surface area contributed by atoms with Gasteiger partial charge < -0.3 is 10.6 Å². The summed E-state index contributed by atoms with van der Waals surface area (Å²) in [6, 6.07) is 8.76. The van der Waals surface area contributed by atoms with Gasteiger partial charge in [0.15, 0.2) is 0 Å². The third-order valence-electron chi connectivity index (χ3n) is 3.42. The molecule has 0 aliphatic carbocycles. The van der Waals surface area contributed by atoms with E-state index in [0.29, 0.717) is 12.5 Å². The SMILES string of the molecule is CSc1ccc(C(C)NC(=O)CC2CSCCN2)cc1. The van der Waals surface area contributed by atoms with Crippen molar-refractivity contribution in [2.75, 3.05) is 24.3 Å². The minimum Gasteiger partial charge on any atom is -0.350 e. The lowest BCUT2D eigenvalue weighted by atomic mass is 10.1. The smallest absolute Gasteiger partial charge is 0.222 e. The number of benzene rings is 1. The monoisotopic (exact) mass is 310 g/mol. The van der Waals surface area contributed by atoms with Gasteiger partial charge in [-0.1, -0.05) is 12.1 Å². The molecule has 2 unspecified atom stereocenters. The number of rotatable bonds is 5. The van der Waals surface area contributed by atoms with Gasteiger partial charge in [0.05, 0.1) is 6.04 Å². The molecule has 1 fully saturated rings. The number of hydrogen-bond donors (Lipinski definition) is 2. The molecule has 1 aliphatic heterocycles. The van der Waals surface area contributed by atoms with Gasteiger partial charge in [-0.05, 0) is 30.9 Å². The van der Waals surface area contributed by atoms with Crippen LogP contribution in [0.15, 0.2) is 29.2 Å². The first kappa shape index (κ1) is 15.7. The number of carbonyl (C=O) groups is 1. The predicted octanol–water partition coefficient (Wildman–Crippen LogP) is 2.68. The summed E-state index contributed by atoms with van der Waals surface area (Å²) >= 11 is 3.65. The predicted molar refractivity (Wildman–Crippen MR) is 88.5 cm³/mol. The summed E-state index contributed by atoms with van der Waals surface area (Å²) in [6.07, 6.45) is 2.63. The molecule has 2 rings (SSSR count). The highest BCUT2D eigenvalue weighted by Gasteiger charge is 2.18. The first-order valence-corrected chi connectivity index (χ1v) is 9.31. The fourth-order valence-corrected chi connectivity index (χ4v) is 3.61. The van der Waals surface area contributed by atoms with E-state index in [2.05, 4.69) is 41.2 Å². The average molecular weight is 310 g/mol. The van der Waals surface area contributed by atoms with Crippen LogP contribution in [0.2, 0.25) is 0 Å². The Balaban J connectivity index is 1.82. The second kappa shape index (κ2) is 7.96. The quantitative estimate of drug-likeness (QED) is 0.821. The molecule has 0 spiro atoms. The molecular formula is C15H22N2OS2. The highest BCUT2D eigenvalue weighted by atomic mass is 32.2. The summed E-state index contributed by atoms with van der Waals surface area (Å²) in [5, 5.41) is 6.48. The third kappa shape index (κ3) is 4.72. The molecule has 2 N–H and O–H groups in total. The lowest BCUT2D eigenvalue weighted by Crippen LogP contribution is -2.41. The molecule has 1 amide bonds. The Hall–Kier alpha value is -0.650. The van der Waals surface area contributed by atoms with Crippen LogP contribution in [0.5, 0.6) is 0 Å². The molecule has 1 aromatic carbocycles. The van der Waals surface area contributed by atoms with Crippen molar-refractivity contribution in [2.24, 2.45) is 0 Å². The topological polar surface area (TPSA) is 41.1 Å². The van der Waals surface area contributed by atoms with Crippen LogP contribution in [-0.4, -0.2) is 36.3 Å². The van der Waals surface area contributed by atoms with Gasteiger partial charge >= 0.3 is 0 Å². The maximum Gasteiger partial charge on any atom is 0.222 e. The summed E-state index contributed by atoms with van der Waals surface area (Å²) < 4.78 is 0. The van der Waals surface area contributed by atoms with Crippen LogP contribution >= 0.6 is 23.5 Å². The Morgan fingerprint density at radius 2 is 2.25 bits per heavy atom. The average Bonchev–Trinajstić information content (AvgIpc) is 2.48. The van der Waals surface area contributed by atoms with E-state index in [1.807, 2.05) is 18.7 Å². The van der Waals surface area contributed by atoms with Gasteiger partial charge in [-0.2, -0.15) is 11.8 Å². The van der Waals surface area contributed by atoms with Crippen LogP contribution in [-0.2, 0) is 4.79 Å². The van der Waals surface area contributed by atoms with Crippen LogP contribution < -0.4 is 10.6 Å². The zero-order chi connectivity index (χ0) is 14.4. The van der Waals surface area contributed by atoms with Gasteiger partial charge in [0.25, 0.3) is 0 Å².